The maximum atomic E-state index is 11.5. The van der Waals surface area contributed by atoms with Gasteiger partial charge in [-0.25, -0.2) is 4.98 Å². The fourth-order valence-electron chi connectivity index (χ4n) is 2.96. The molecule has 6 heteroatoms. The van der Waals surface area contributed by atoms with E-state index >= 15 is 0 Å². The van der Waals surface area contributed by atoms with Crippen LogP contribution in [0, 0.1) is 15.5 Å². The van der Waals surface area contributed by atoms with Crippen molar-refractivity contribution in [3.63, 3.8) is 0 Å². The molecule has 3 rings (SSSR count). The summed E-state index contributed by atoms with van der Waals surface area (Å²) in [6.45, 7) is 4.10. The van der Waals surface area contributed by atoms with Crippen LogP contribution >= 0.6 is 20.6 Å². The van der Waals surface area contributed by atoms with Crippen LogP contribution in [0.2, 0.25) is 0 Å². The van der Waals surface area contributed by atoms with E-state index in [0.717, 1.165) is 45.0 Å². The van der Waals surface area contributed by atoms with E-state index in [1.807, 2.05) is 0 Å². The van der Waals surface area contributed by atoms with Crippen molar-refractivity contribution in [2.45, 2.75) is 33.1 Å². The first kappa shape index (κ1) is 14.6. The zero-order valence-electron chi connectivity index (χ0n) is 12.0. The summed E-state index contributed by atoms with van der Waals surface area (Å²) in [4.78, 5) is 15.8. The summed E-state index contributed by atoms with van der Waals surface area (Å²) in [5.74, 6) is 0. The summed E-state index contributed by atoms with van der Waals surface area (Å²) < 4.78 is 1.14. The molecule has 0 spiro atoms. The number of aromatic nitrogens is 1. The molecule has 0 N–H and O–H groups in total. The maximum absolute atomic E-state index is 11.5. The molecule has 1 unspecified atom stereocenters. The van der Waals surface area contributed by atoms with Crippen molar-refractivity contribution < 1.29 is 4.92 Å². The molecular weight excluding hydrogens is 303 g/mol. The Morgan fingerprint density at radius 3 is 2.76 bits per heavy atom. The van der Waals surface area contributed by atoms with Gasteiger partial charge in [-0.3, -0.25) is 10.1 Å². The highest BCUT2D eigenvalue weighted by Gasteiger charge is 2.37. The van der Waals surface area contributed by atoms with Crippen LogP contribution in [0.1, 0.15) is 38.1 Å². The minimum atomic E-state index is -0.284. The van der Waals surface area contributed by atoms with Gasteiger partial charge in [-0.05, 0) is 24.6 Å². The maximum Gasteiger partial charge on any atom is 0.276 e. The van der Waals surface area contributed by atoms with Gasteiger partial charge in [0.25, 0.3) is 5.70 Å². The third-order valence-corrected chi connectivity index (χ3v) is 5.28. The van der Waals surface area contributed by atoms with Crippen LogP contribution in [0.3, 0.4) is 0 Å². The molecule has 2 aliphatic rings. The van der Waals surface area contributed by atoms with Crippen molar-refractivity contribution in [1.29, 1.82) is 0 Å². The summed E-state index contributed by atoms with van der Waals surface area (Å²) >= 11 is 1.57. The van der Waals surface area contributed by atoms with Gasteiger partial charge in [-0.15, -0.1) is 20.6 Å². The monoisotopic (exact) mass is 320 g/mol. The van der Waals surface area contributed by atoms with Crippen LogP contribution < -0.4 is 9.88 Å². The molecule has 0 bridgehead atoms. The van der Waals surface area contributed by atoms with Crippen molar-refractivity contribution in [2.75, 3.05) is 0 Å². The molecule has 1 atom stereocenters. The van der Waals surface area contributed by atoms with Crippen LogP contribution in [-0.2, 0) is 0 Å². The first-order valence-electron chi connectivity index (χ1n) is 6.91. The number of rotatable bonds is 2. The van der Waals surface area contributed by atoms with Gasteiger partial charge in [-0.2, -0.15) is 0 Å². The summed E-state index contributed by atoms with van der Waals surface area (Å²) in [5, 5.41) is 14.2. The Kier molecular flexibility index (Phi) is 3.58. The lowest BCUT2D eigenvalue weighted by Gasteiger charge is -2.29. The Morgan fingerprint density at radius 1 is 1.38 bits per heavy atom. The molecule has 0 saturated carbocycles. The van der Waals surface area contributed by atoms with Crippen LogP contribution in [-0.4, -0.2) is 9.91 Å². The Morgan fingerprint density at radius 2 is 2.10 bits per heavy atom. The second kappa shape index (κ2) is 5.15. The van der Waals surface area contributed by atoms with E-state index in [9.17, 15) is 10.1 Å². The number of thiazole rings is 1. The first-order valence-corrected chi connectivity index (χ1v) is 8.31. The molecule has 0 aliphatic heterocycles. The molecule has 0 amide bonds. The van der Waals surface area contributed by atoms with Gasteiger partial charge >= 0.3 is 0 Å². The lowest BCUT2D eigenvalue weighted by molar-refractivity contribution is -0.418. The molecular formula is C15H17N2O2PS. The van der Waals surface area contributed by atoms with Gasteiger partial charge in [0.05, 0.1) is 20.4 Å². The molecule has 0 fully saturated rings. The standard InChI is InChI=1S/C15H17N2O2PS/c1-15(2)8-9(20)7-11(17(18)19)13(15)14-16-10-5-3-4-6-12(10)21-14/h5-7H,3-4,8,20H2,1-2H3. The highest BCUT2D eigenvalue weighted by Crippen LogP contribution is 2.46. The third-order valence-electron chi connectivity index (χ3n) is 3.83. The van der Waals surface area contributed by atoms with Gasteiger partial charge in [0.2, 0.25) is 0 Å². The van der Waals surface area contributed by atoms with E-state index in [-0.39, 0.29) is 16.0 Å². The topological polar surface area (TPSA) is 56.0 Å². The van der Waals surface area contributed by atoms with E-state index in [0.29, 0.717) is 0 Å². The van der Waals surface area contributed by atoms with Crippen molar-refractivity contribution in [1.82, 2.24) is 4.98 Å². The molecule has 1 aromatic heterocycles. The largest absolute Gasteiger partial charge is 0.276 e. The molecule has 1 aromatic rings. The van der Waals surface area contributed by atoms with Crippen molar-refractivity contribution in [3.05, 3.63) is 42.1 Å². The Bertz CT molecular complexity index is 769. The molecule has 4 nitrogen and oxygen atoms in total. The van der Waals surface area contributed by atoms with Crippen molar-refractivity contribution in [2.24, 2.45) is 5.41 Å². The van der Waals surface area contributed by atoms with Crippen molar-refractivity contribution >= 4 is 38.3 Å². The highest BCUT2D eigenvalue weighted by atomic mass is 32.1. The number of fused-ring (bicyclic) bond motifs is 1. The van der Waals surface area contributed by atoms with Gasteiger partial charge in [0.15, 0.2) is 0 Å². The van der Waals surface area contributed by atoms with Gasteiger partial charge in [0, 0.05) is 11.5 Å². The predicted molar refractivity (Wildman–Crippen MR) is 89.6 cm³/mol. The number of nitro groups is 1. The van der Waals surface area contributed by atoms with Gasteiger partial charge in [-0.1, -0.05) is 26.0 Å². The average molecular weight is 320 g/mol. The number of nitrogens with zero attached hydrogens (tertiary/aromatic N) is 2. The minimum Gasteiger partial charge on any atom is -0.258 e. The Hall–Kier alpha value is -1.32. The van der Waals surface area contributed by atoms with E-state index in [1.54, 1.807) is 17.4 Å². The lowest BCUT2D eigenvalue weighted by Crippen LogP contribution is -2.24. The summed E-state index contributed by atoms with van der Waals surface area (Å²) in [6, 6.07) is 0. The normalized spacial score (nSPS) is 20.2. The minimum absolute atomic E-state index is 0.183. The van der Waals surface area contributed by atoms with E-state index < -0.39 is 0 Å². The second-order valence-corrected chi connectivity index (χ2v) is 7.82. The van der Waals surface area contributed by atoms with Crippen LogP contribution in [0.25, 0.3) is 17.7 Å². The molecule has 0 aromatic carbocycles. The quantitative estimate of drug-likeness (QED) is 0.478. The lowest BCUT2D eigenvalue weighted by atomic mass is 9.77. The smallest absolute Gasteiger partial charge is 0.258 e. The van der Waals surface area contributed by atoms with Gasteiger partial charge in [0.1, 0.15) is 5.01 Å². The molecule has 0 radical (unpaired) electrons. The summed E-state index contributed by atoms with van der Waals surface area (Å²) in [6.07, 6.45) is 8.77. The molecule has 0 saturated heterocycles. The van der Waals surface area contributed by atoms with E-state index in [1.165, 1.54) is 0 Å². The third kappa shape index (κ3) is 2.60. The van der Waals surface area contributed by atoms with Crippen molar-refractivity contribution in [3.8, 4) is 0 Å². The van der Waals surface area contributed by atoms with Crippen LogP contribution in [0.4, 0.5) is 0 Å². The predicted octanol–water partition coefficient (Wildman–Crippen LogP) is 2.67. The fraction of sp³-hybridized carbons (Fsp3) is 0.400. The SMILES string of the molecule is CC1(C)CC(P)=CC([N+](=O)[O-])=C1c1nc2c(s1)=CCCC=2. The average Bonchev–Trinajstić information content (AvgIpc) is 2.79. The van der Waals surface area contributed by atoms with E-state index in [2.05, 4.69) is 40.2 Å². The summed E-state index contributed by atoms with van der Waals surface area (Å²) in [7, 11) is 2.61. The number of allylic oxidation sites excluding steroid dienone is 3. The van der Waals surface area contributed by atoms with E-state index in [4.69, 9.17) is 0 Å². The molecule has 1 heterocycles. The zero-order valence-corrected chi connectivity index (χ0v) is 14.0. The molecule has 2 aliphatic carbocycles. The molecule has 21 heavy (non-hydrogen) atoms. The van der Waals surface area contributed by atoms with Gasteiger partial charge < -0.3 is 0 Å². The second-order valence-electron chi connectivity index (χ2n) is 6.05. The van der Waals surface area contributed by atoms with Crippen LogP contribution in [0.5, 0.6) is 0 Å². The Labute approximate surface area is 129 Å². The molecule has 110 valence electrons. The first-order chi connectivity index (χ1) is 9.88. The summed E-state index contributed by atoms with van der Waals surface area (Å²) in [5.41, 5.74) is 0.663. The number of hydrogen-bond acceptors (Lipinski definition) is 4. The Balaban J connectivity index is 2.28. The number of hydrogen-bond donors (Lipinski definition) is 0. The zero-order chi connectivity index (χ0) is 15.2. The fourth-order valence-corrected chi connectivity index (χ4v) is 4.90. The highest BCUT2D eigenvalue weighted by molar-refractivity contribution is 7.22. The van der Waals surface area contributed by atoms with Crippen LogP contribution in [0.15, 0.2) is 17.1 Å².